The molecule has 7 nitrogen and oxygen atoms in total. The van der Waals surface area contributed by atoms with Crippen molar-refractivity contribution in [2.75, 3.05) is 17.4 Å². The Kier molecular flexibility index (Phi) is 4.34. The van der Waals surface area contributed by atoms with E-state index in [4.69, 9.17) is 9.47 Å². The summed E-state index contributed by atoms with van der Waals surface area (Å²) in [5.41, 5.74) is 1.61. The highest BCUT2D eigenvalue weighted by Gasteiger charge is 2.13. The molecule has 0 spiro atoms. The van der Waals surface area contributed by atoms with Crippen molar-refractivity contribution >= 4 is 17.5 Å². The fourth-order valence-corrected chi connectivity index (χ4v) is 2.51. The molecule has 1 aliphatic rings. The molecule has 26 heavy (non-hydrogen) atoms. The van der Waals surface area contributed by atoms with Gasteiger partial charge < -0.3 is 20.1 Å². The summed E-state index contributed by atoms with van der Waals surface area (Å²) in [6.45, 7) is 0.828. The predicted molar refractivity (Wildman–Crippen MR) is 96.3 cm³/mol. The van der Waals surface area contributed by atoms with Crippen LogP contribution in [0.3, 0.4) is 0 Å². The lowest BCUT2D eigenvalue weighted by Crippen LogP contribution is -2.13. The third-order valence-corrected chi connectivity index (χ3v) is 3.85. The summed E-state index contributed by atoms with van der Waals surface area (Å²) in [5, 5.41) is 14.0. The van der Waals surface area contributed by atoms with Gasteiger partial charge in [0.15, 0.2) is 17.3 Å². The van der Waals surface area contributed by atoms with Crippen LogP contribution < -0.4 is 20.1 Å². The summed E-state index contributed by atoms with van der Waals surface area (Å²) in [4.78, 5) is 12.1. The van der Waals surface area contributed by atoms with E-state index in [9.17, 15) is 4.79 Å². The average molecular weight is 348 g/mol. The lowest BCUT2D eigenvalue weighted by molar-refractivity contribution is 0.102. The lowest BCUT2D eigenvalue weighted by atomic mass is 10.2. The van der Waals surface area contributed by atoms with Crippen LogP contribution in [0.25, 0.3) is 0 Å². The Labute approximate surface area is 150 Å². The van der Waals surface area contributed by atoms with Gasteiger partial charge in [-0.25, -0.2) is 0 Å². The topological polar surface area (TPSA) is 85.4 Å². The number of hydrogen-bond donors (Lipinski definition) is 2. The minimum Gasteiger partial charge on any atom is -0.454 e. The van der Waals surface area contributed by atoms with Crippen molar-refractivity contribution in [3.05, 3.63) is 71.8 Å². The van der Waals surface area contributed by atoms with E-state index < -0.39 is 0 Å². The first-order chi connectivity index (χ1) is 12.8. The first kappa shape index (κ1) is 15.9. The third-order valence-electron chi connectivity index (χ3n) is 3.85. The predicted octanol–water partition coefficient (Wildman–Crippen LogP) is 3.07. The first-order valence-electron chi connectivity index (χ1n) is 8.10. The molecule has 0 atom stereocenters. The van der Waals surface area contributed by atoms with Gasteiger partial charge in [-0.05, 0) is 42.0 Å². The van der Waals surface area contributed by atoms with Gasteiger partial charge in [0.25, 0.3) is 5.91 Å². The summed E-state index contributed by atoms with van der Waals surface area (Å²) in [6.07, 6.45) is 0. The number of ether oxygens (including phenoxy) is 2. The standard InChI is InChI=1S/C19H16N4O3/c24-19(14-4-2-1-3-5-14)21-18-9-8-17(22-23-18)20-11-13-6-7-15-16(10-13)26-12-25-15/h1-10H,11-12H2,(H,20,22)(H,21,23,24). The van der Waals surface area contributed by atoms with E-state index in [1.54, 1.807) is 24.3 Å². The number of benzene rings is 2. The Hall–Kier alpha value is -3.61. The number of carbonyl (C=O) groups excluding carboxylic acids is 1. The van der Waals surface area contributed by atoms with Gasteiger partial charge in [0.2, 0.25) is 6.79 Å². The normalized spacial score (nSPS) is 11.8. The molecule has 7 heteroatoms. The maximum atomic E-state index is 12.1. The zero-order chi connectivity index (χ0) is 17.8. The number of nitrogens with one attached hydrogen (secondary N) is 2. The molecule has 2 heterocycles. The molecule has 2 N–H and O–H groups in total. The van der Waals surface area contributed by atoms with E-state index in [0.29, 0.717) is 23.7 Å². The van der Waals surface area contributed by atoms with Crippen LogP contribution >= 0.6 is 0 Å². The molecule has 4 rings (SSSR count). The third kappa shape index (κ3) is 3.56. The molecule has 0 bridgehead atoms. The lowest BCUT2D eigenvalue weighted by Gasteiger charge is -2.07. The molecule has 1 aromatic heterocycles. The van der Waals surface area contributed by atoms with Gasteiger partial charge >= 0.3 is 0 Å². The van der Waals surface area contributed by atoms with Crippen molar-refractivity contribution in [2.45, 2.75) is 6.54 Å². The van der Waals surface area contributed by atoms with Crippen LogP contribution in [-0.4, -0.2) is 22.9 Å². The Morgan fingerprint density at radius 2 is 1.69 bits per heavy atom. The summed E-state index contributed by atoms with van der Waals surface area (Å²) in [5.74, 6) is 2.29. The molecular weight excluding hydrogens is 332 g/mol. The van der Waals surface area contributed by atoms with Crippen molar-refractivity contribution in [3.63, 3.8) is 0 Å². The van der Waals surface area contributed by atoms with Crippen LogP contribution in [0, 0.1) is 0 Å². The van der Waals surface area contributed by atoms with Crippen LogP contribution in [0.5, 0.6) is 11.5 Å². The summed E-state index contributed by atoms with van der Waals surface area (Å²) >= 11 is 0. The number of rotatable bonds is 5. The van der Waals surface area contributed by atoms with Crippen LogP contribution in [0.4, 0.5) is 11.6 Å². The van der Waals surface area contributed by atoms with E-state index in [-0.39, 0.29) is 12.7 Å². The second-order valence-corrected chi connectivity index (χ2v) is 5.67. The van der Waals surface area contributed by atoms with Crippen molar-refractivity contribution < 1.29 is 14.3 Å². The molecule has 0 saturated heterocycles. The molecule has 0 radical (unpaired) electrons. The molecule has 0 saturated carbocycles. The summed E-state index contributed by atoms with van der Waals surface area (Å²) in [7, 11) is 0. The second kappa shape index (κ2) is 7.10. The maximum absolute atomic E-state index is 12.1. The largest absolute Gasteiger partial charge is 0.454 e. The molecule has 0 aliphatic carbocycles. The van der Waals surface area contributed by atoms with E-state index in [1.807, 2.05) is 36.4 Å². The highest BCUT2D eigenvalue weighted by Crippen LogP contribution is 2.32. The number of nitrogens with zero attached hydrogens (tertiary/aromatic N) is 2. The van der Waals surface area contributed by atoms with Crippen molar-refractivity contribution in [2.24, 2.45) is 0 Å². The average Bonchev–Trinajstić information content (AvgIpc) is 3.16. The fraction of sp³-hybridized carbons (Fsp3) is 0.105. The number of fused-ring (bicyclic) bond motifs is 1. The van der Waals surface area contributed by atoms with Crippen molar-refractivity contribution in [3.8, 4) is 11.5 Å². The smallest absolute Gasteiger partial charge is 0.256 e. The molecular formula is C19H16N4O3. The first-order valence-corrected chi connectivity index (χ1v) is 8.10. The number of amides is 1. The van der Waals surface area contributed by atoms with Gasteiger partial charge in [0.05, 0.1) is 0 Å². The summed E-state index contributed by atoms with van der Waals surface area (Å²) in [6, 6.07) is 18.2. The summed E-state index contributed by atoms with van der Waals surface area (Å²) < 4.78 is 10.7. The highest BCUT2D eigenvalue weighted by atomic mass is 16.7. The highest BCUT2D eigenvalue weighted by molar-refractivity contribution is 6.03. The maximum Gasteiger partial charge on any atom is 0.256 e. The Bertz CT molecular complexity index is 914. The van der Waals surface area contributed by atoms with Crippen molar-refractivity contribution in [1.82, 2.24) is 10.2 Å². The molecule has 0 fully saturated rings. The van der Waals surface area contributed by atoms with Crippen molar-refractivity contribution in [1.29, 1.82) is 0 Å². The van der Waals surface area contributed by atoms with Gasteiger partial charge in [-0.1, -0.05) is 24.3 Å². The van der Waals surface area contributed by atoms with Crippen LogP contribution in [0.1, 0.15) is 15.9 Å². The zero-order valence-electron chi connectivity index (χ0n) is 13.8. The molecule has 3 aromatic rings. The Morgan fingerprint density at radius 1 is 0.923 bits per heavy atom. The van der Waals surface area contributed by atoms with Gasteiger partial charge in [-0.3, -0.25) is 4.79 Å². The van der Waals surface area contributed by atoms with Crippen LogP contribution in [0.2, 0.25) is 0 Å². The fourth-order valence-electron chi connectivity index (χ4n) is 2.51. The van der Waals surface area contributed by atoms with Gasteiger partial charge in [-0.15, -0.1) is 10.2 Å². The number of carbonyl (C=O) groups is 1. The quantitative estimate of drug-likeness (QED) is 0.737. The van der Waals surface area contributed by atoms with E-state index in [0.717, 1.165) is 17.1 Å². The number of aromatic nitrogens is 2. The molecule has 2 aromatic carbocycles. The van der Waals surface area contributed by atoms with Gasteiger partial charge in [0, 0.05) is 12.1 Å². The Balaban J connectivity index is 1.35. The van der Waals surface area contributed by atoms with Crippen LogP contribution in [0.15, 0.2) is 60.7 Å². The Morgan fingerprint density at radius 3 is 2.50 bits per heavy atom. The second-order valence-electron chi connectivity index (χ2n) is 5.67. The molecule has 1 amide bonds. The van der Waals surface area contributed by atoms with E-state index in [2.05, 4.69) is 20.8 Å². The van der Waals surface area contributed by atoms with Gasteiger partial charge in [0.1, 0.15) is 5.82 Å². The van der Waals surface area contributed by atoms with E-state index in [1.165, 1.54) is 0 Å². The molecule has 0 unspecified atom stereocenters. The minimum atomic E-state index is -0.221. The minimum absolute atomic E-state index is 0.221. The number of anilines is 2. The zero-order valence-corrected chi connectivity index (χ0v) is 13.8. The monoisotopic (exact) mass is 348 g/mol. The molecule has 1 aliphatic heterocycles. The SMILES string of the molecule is O=C(Nc1ccc(NCc2ccc3c(c2)OCO3)nn1)c1ccccc1. The van der Waals surface area contributed by atoms with Gasteiger partial charge in [-0.2, -0.15) is 0 Å². The molecule has 130 valence electrons. The van der Waals surface area contributed by atoms with E-state index >= 15 is 0 Å². The van der Waals surface area contributed by atoms with Crippen LogP contribution in [-0.2, 0) is 6.54 Å². The number of hydrogen-bond acceptors (Lipinski definition) is 6.